The van der Waals surface area contributed by atoms with Crippen molar-refractivity contribution < 1.29 is 0 Å². The van der Waals surface area contributed by atoms with E-state index in [1.165, 1.54) is 10.5 Å². The van der Waals surface area contributed by atoms with Gasteiger partial charge in [0, 0.05) is 16.4 Å². The van der Waals surface area contributed by atoms with Gasteiger partial charge in [-0.2, -0.15) is 0 Å². The lowest BCUT2D eigenvalue weighted by molar-refractivity contribution is 0.590. The molecule has 0 aliphatic carbocycles. The van der Waals surface area contributed by atoms with Gasteiger partial charge in [0.1, 0.15) is 0 Å². The molecule has 17 heavy (non-hydrogen) atoms. The fourth-order valence-corrected chi connectivity index (χ4v) is 2.26. The summed E-state index contributed by atoms with van der Waals surface area (Å²) in [4.78, 5) is 4.01. The van der Waals surface area contributed by atoms with Crippen molar-refractivity contribution in [1.29, 1.82) is 0 Å². The maximum Gasteiger partial charge on any atom is 0.0265 e. The highest BCUT2D eigenvalue weighted by Gasteiger charge is 2.12. The Morgan fingerprint density at radius 2 is 1.88 bits per heavy atom. The van der Waals surface area contributed by atoms with Crippen molar-refractivity contribution in [1.82, 2.24) is 0 Å². The van der Waals surface area contributed by atoms with Crippen LogP contribution in [-0.4, -0.2) is 12.3 Å². The second-order valence-electron chi connectivity index (χ2n) is 4.93. The zero-order valence-corrected chi connectivity index (χ0v) is 11.5. The molecule has 0 spiro atoms. The summed E-state index contributed by atoms with van der Waals surface area (Å²) in [5.41, 5.74) is 9.71. The van der Waals surface area contributed by atoms with Crippen LogP contribution in [0.4, 0.5) is 0 Å². The van der Waals surface area contributed by atoms with Gasteiger partial charge in [0.2, 0.25) is 0 Å². The van der Waals surface area contributed by atoms with Crippen LogP contribution in [0.5, 0.6) is 0 Å². The van der Waals surface area contributed by atoms with Gasteiger partial charge >= 0.3 is 0 Å². The molecule has 92 valence electrons. The first-order valence-corrected chi connectivity index (χ1v) is 6.77. The second-order valence-corrected chi connectivity index (χ2v) is 6.10. The van der Waals surface area contributed by atoms with Crippen LogP contribution in [0.2, 0.25) is 0 Å². The summed E-state index contributed by atoms with van der Waals surface area (Å²) in [5.74, 6) is 0.994. The molecule has 4 heteroatoms. The highest BCUT2D eigenvalue weighted by Crippen LogP contribution is 2.25. The predicted octanol–water partition coefficient (Wildman–Crippen LogP) is 4.78. The number of thioether (sulfide) groups is 1. The van der Waals surface area contributed by atoms with Gasteiger partial charge in [-0.3, -0.25) is 0 Å². The molecule has 0 aliphatic heterocycles. The smallest absolute Gasteiger partial charge is 0.0265 e. The molecule has 1 rings (SSSR count). The van der Waals surface area contributed by atoms with Crippen LogP contribution >= 0.6 is 11.8 Å². The minimum absolute atomic E-state index is 0.213. The van der Waals surface area contributed by atoms with E-state index in [0.717, 1.165) is 12.2 Å². The van der Waals surface area contributed by atoms with Crippen molar-refractivity contribution in [2.75, 3.05) is 12.3 Å². The van der Waals surface area contributed by atoms with Crippen molar-refractivity contribution in [3.8, 4) is 0 Å². The number of benzene rings is 1. The van der Waals surface area contributed by atoms with Crippen LogP contribution in [0.25, 0.3) is 10.4 Å². The van der Waals surface area contributed by atoms with Gasteiger partial charge in [0.15, 0.2) is 0 Å². The van der Waals surface area contributed by atoms with Crippen LogP contribution < -0.4 is 0 Å². The summed E-state index contributed by atoms with van der Waals surface area (Å²) < 4.78 is 0. The van der Waals surface area contributed by atoms with Crippen molar-refractivity contribution in [3.63, 3.8) is 0 Å². The van der Waals surface area contributed by atoms with Crippen LogP contribution in [0.1, 0.15) is 32.8 Å². The Bertz CT molecular complexity index is 386. The number of hydrogen-bond acceptors (Lipinski definition) is 2. The third-order valence-corrected chi connectivity index (χ3v) is 3.55. The molecule has 0 bridgehead atoms. The van der Waals surface area contributed by atoms with Gasteiger partial charge in [-0.25, -0.2) is 0 Å². The monoisotopic (exact) mass is 249 g/mol. The molecule has 0 unspecified atom stereocenters. The maximum atomic E-state index is 8.14. The minimum Gasteiger partial charge on any atom is -0.126 e. The highest BCUT2D eigenvalue weighted by atomic mass is 32.2. The zero-order chi connectivity index (χ0) is 12.7. The van der Waals surface area contributed by atoms with E-state index in [-0.39, 0.29) is 5.41 Å². The molecule has 1 aromatic carbocycles. The molecule has 3 nitrogen and oxygen atoms in total. The normalized spacial score (nSPS) is 11.0. The molecule has 0 aliphatic rings. The molecule has 0 saturated heterocycles. The Balaban J connectivity index is 2.43. The van der Waals surface area contributed by atoms with E-state index in [0.29, 0.717) is 6.54 Å². The summed E-state index contributed by atoms with van der Waals surface area (Å²) in [7, 11) is 0. The zero-order valence-electron chi connectivity index (χ0n) is 10.7. The van der Waals surface area contributed by atoms with Crippen LogP contribution in [0.3, 0.4) is 0 Å². The quantitative estimate of drug-likeness (QED) is 0.243. The van der Waals surface area contributed by atoms with E-state index in [2.05, 4.69) is 55.1 Å². The molecular formula is C13H19N3S. The molecule has 0 fully saturated rings. The Morgan fingerprint density at radius 1 is 1.24 bits per heavy atom. The van der Waals surface area contributed by atoms with Crippen molar-refractivity contribution >= 4 is 11.8 Å². The van der Waals surface area contributed by atoms with Crippen LogP contribution in [0.15, 0.2) is 34.3 Å². The first-order chi connectivity index (χ1) is 8.04. The van der Waals surface area contributed by atoms with E-state index in [1.54, 1.807) is 11.8 Å². The molecular weight excluding hydrogens is 230 g/mol. The van der Waals surface area contributed by atoms with Gasteiger partial charge in [0.05, 0.1) is 0 Å². The Kier molecular flexibility index (Phi) is 5.39. The fourth-order valence-electron chi connectivity index (χ4n) is 1.42. The lowest BCUT2D eigenvalue weighted by Crippen LogP contribution is -2.10. The van der Waals surface area contributed by atoms with Crippen molar-refractivity contribution in [2.24, 2.45) is 5.11 Å². The first kappa shape index (κ1) is 13.9. The SMILES string of the molecule is CC(C)(C)c1ccc(SCCCN=[N+]=[N-])cc1. The summed E-state index contributed by atoms with van der Waals surface area (Å²) in [6, 6.07) is 8.71. The van der Waals surface area contributed by atoms with Gasteiger partial charge < -0.3 is 0 Å². The summed E-state index contributed by atoms with van der Waals surface area (Å²) >= 11 is 1.81. The second kappa shape index (κ2) is 6.58. The molecule has 0 amide bonds. The Labute approximate surface area is 107 Å². The largest absolute Gasteiger partial charge is 0.126 e. The first-order valence-electron chi connectivity index (χ1n) is 5.78. The molecule has 0 N–H and O–H groups in total. The highest BCUT2D eigenvalue weighted by molar-refractivity contribution is 7.99. The maximum absolute atomic E-state index is 8.14. The van der Waals surface area contributed by atoms with E-state index in [1.807, 2.05) is 0 Å². The number of nitrogens with zero attached hydrogens (tertiary/aromatic N) is 3. The average Bonchev–Trinajstić information content (AvgIpc) is 2.28. The Hall–Kier alpha value is -1.12. The van der Waals surface area contributed by atoms with E-state index >= 15 is 0 Å². The van der Waals surface area contributed by atoms with Gasteiger partial charge in [-0.05, 0) is 40.8 Å². The number of azide groups is 1. The van der Waals surface area contributed by atoms with Crippen LogP contribution in [0, 0.1) is 0 Å². The summed E-state index contributed by atoms with van der Waals surface area (Å²) in [6.07, 6.45) is 0.926. The molecule has 0 atom stereocenters. The van der Waals surface area contributed by atoms with Gasteiger partial charge in [-0.1, -0.05) is 38.0 Å². The topological polar surface area (TPSA) is 48.8 Å². The van der Waals surface area contributed by atoms with E-state index in [4.69, 9.17) is 5.53 Å². The molecule has 1 aromatic rings. The molecule has 0 aromatic heterocycles. The lowest BCUT2D eigenvalue weighted by atomic mass is 9.87. The standard InChI is InChI=1S/C13H19N3S/c1-13(2,3)11-5-7-12(8-6-11)17-10-4-9-15-16-14/h5-8H,4,9-10H2,1-3H3. The average molecular weight is 249 g/mol. The molecule has 0 heterocycles. The predicted molar refractivity (Wildman–Crippen MR) is 74.5 cm³/mol. The van der Waals surface area contributed by atoms with Crippen molar-refractivity contribution in [2.45, 2.75) is 37.5 Å². The number of rotatable bonds is 5. The molecule has 0 radical (unpaired) electrons. The van der Waals surface area contributed by atoms with Crippen LogP contribution in [-0.2, 0) is 5.41 Å². The third-order valence-electron chi connectivity index (χ3n) is 2.45. The fraction of sp³-hybridized carbons (Fsp3) is 0.538. The summed E-state index contributed by atoms with van der Waals surface area (Å²) in [6.45, 7) is 7.24. The lowest BCUT2D eigenvalue weighted by Gasteiger charge is -2.19. The van der Waals surface area contributed by atoms with Gasteiger partial charge in [0.25, 0.3) is 0 Å². The van der Waals surface area contributed by atoms with E-state index in [9.17, 15) is 0 Å². The minimum atomic E-state index is 0.213. The summed E-state index contributed by atoms with van der Waals surface area (Å²) in [5, 5.41) is 3.52. The van der Waals surface area contributed by atoms with E-state index < -0.39 is 0 Å². The molecule has 0 saturated carbocycles. The third kappa shape index (κ3) is 5.16. The Morgan fingerprint density at radius 3 is 2.41 bits per heavy atom. The number of hydrogen-bond donors (Lipinski definition) is 0. The van der Waals surface area contributed by atoms with Crippen molar-refractivity contribution in [3.05, 3.63) is 40.3 Å². The van der Waals surface area contributed by atoms with Gasteiger partial charge in [-0.15, -0.1) is 11.8 Å².